The lowest BCUT2D eigenvalue weighted by molar-refractivity contribution is 0.199. The van der Waals surface area contributed by atoms with Gasteiger partial charge in [-0.2, -0.15) is 0 Å². The highest BCUT2D eigenvalue weighted by atomic mass is 16.5. The van der Waals surface area contributed by atoms with Gasteiger partial charge in [-0.25, -0.2) is 0 Å². The van der Waals surface area contributed by atoms with Crippen molar-refractivity contribution in [1.82, 2.24) is 20.3 Å². The Balaban J connectivity index is 2.02. The lowest BCUT2D eigenvalue weighted by Crippen LogP contribution is -2.20. The van der Waals surface area contributed by atoms with Crippen LogP contribution in [0.1, 0.15) is 12.1 Å². The van der Waals surface area contributed by atoms with E-state index < -0.39 is 0 Å². The highest BCUT2D eigenvalue weighted by Crippen LogP contribution is 1.97. The molecule has 1 rings (SSSR count). The number of hydrogen-bond acceptors (Lipinski definition) is 4. The second-order valence-corrected chi connectivity index (χ2v) is 3.20. The molecule has 5 heteroatoms. The zero-order valence-electron chi connectivity index (χ0n) is 8.86. The Kier molecular flexibility index (Phi) is 5.17. The smallest absolute Gasteiger partial charge is 0.0724 e. The molecule has 0 atom stereocenters. The van der Waals surface area contributed by atoms with Crippen LogP contribution in [0.2, 0.25) is 0 Å². The van der Waals surface area contributed by atoms with Crippen LogP contribution >= 0.6 is 0 Å². The van der Waals surface area contributed by atoms with Gasteiger partial charge in [-0.3, -0.25) is 4.68 Å². The molecular weight excluding hydrogens is 180 g/mol. The molecule has 80 valence electrons. The molecule has 0 saturated heterocycles. The molecule has 0 fully saturated rings. The second kappa shape index (κ2) is 6.50. The van der Waals surface area contributed by atoms with Crippen molar-refractivity contribution in [3.8, 4) is 0 Å². The predicted octanol–water partition coefficient (Wildman–Crippen LogP) is -0.0163. The molecule has 5 nitrogen and oxygen atoms in total. The van der Waals surface area contributed by atoms with E-state index in [-0.39, 0.29) is 0 Å². The Morgan fingerprint density at radius 3 is 3.00 bits per heavy atom. The maximum Gasteiger partial charge on any atom is 0.0724 e. The minimum atomic E-state index is 0.771. The van der Waals surface area contributed by atoms with E-state index >= 15 is 0 Å². The third-order valence-corrected chi connectivity index (χ3v) is 2.08. The van der Waals surface area contributed by atoms with Crippen LogP contribution in [0.5, 0.6) is 0 Å². The molecule has 1 aromatic rings. The number of nitrogens with zero attached hydrogens (tertiary/aromatic N) is 3. The summed E-state index contributed by atoms with van der Waals surface area (Å²) in [5.74, 6) is 0. The number of hydrogen-bond donors (Lipinski definition) is 1. The van der Waals surface area contributed by atoms with Crippen LogP contribution in [0.25, 0.3) is 0 Å². The molecule has 0 saturated carbocycles. The van der Waals surface area contributed by atoms with Gasteiger partial charge >= 0.3 is 0 Å². The molecule has 1 N–H and O–H groups in total. The van der Waals surface area contributed by atoms with Crippen molar-refractivity contribution in [2.45, 2.75) is 12.8 Å². The number of aromatic nitrogens is 3. The van der Waals surface area contributed by atoms with Crippen molar-refractivity contribution in [2.24, 2.45) is 7.05 Å². The number of rotatable bonds is 7. The highest BCUT2D eigenvalue weighted by Gasteiger charge is 1.98. The lowest BCUT2D eigenvalue weighted by atomic mass is 10.2. The molecule has 0 spiro atoms. The Bertz CT molecular complexity index is 249. The summed E-state index contributed by atoms with van der Waals surface area (Å²) in [5, 5.41) is 11.0. The number of aryl methyl sites for hydroxylation is 2. The van der Waals surface area contributed by atoms with Crippen LogP contribution in [0.4, 0.5) is 0 Å². The van der Waals surface area contributed by atoms with Crippen LogP contribution in [0, 0.1) is 0 Å². The molecule has 0 bridgehead atoms. The van der Waals surface area contributed by atoms with Gasteiger partial charge in [0.05, 0.1) is 18.5 Å². The van der Waals surface area contributed by atoms with E-state index in [4.69, 9.17) is 4.74 Å². The fourth-order valence-electron chi connectivity index (χ4n) is 1.23. The van der Waals surface area contributed by atoms with Crippen LogP contribution in [-0.2, 0) is 18.2 Å². The van der Waals surface area contributed by atoms with Gasteiger partial charge in [-0.15, -0.1) is 5.10 Å². The van der Waals surface area contributed by atoms with E-state index in [1.807, 2.05) is 17.9 Å². The normalized spacial score (nSPS) is 10.7. The summed E-state index contributed by atoms with van der Waals surface area (Å²) < 4.78 is 6.74. The fourth-order valence-corrected chi connectivity index (χ4v) is 1.23. The average Bonchev–Trinajstić information content (AvgIpc) is 2.58. The van der Waals surface area contributed by atoms with Crippen molar-refractivity contribution < 1.29 is 4.74 Å². The molecule has 1 aromatic heterocycles. The van der Waals surface area contributed by atoms with E-state index in [2.05, 4.69) is 15.6 Å². The number of ether oxygens (including phenoxy) is 1. The minimum Gasteiger partial charge on any atom is -0.383 e. The molecule has 0 amide bonds. The van der Waals surface area contributed by atoms with Gasteiger partial charge in [0, 0.05) is 20.7 Å². The largest absolute Gasteiger partial charge is 0.383 e. The molecule has 0 aliphatic carbocycles. The average molecular weight is 198 g/mol. The molecule has 0 aliphatic heterocycles. The van der Waals surface area contributed by atoms with Crippen molar-refractivity contribution >= 4 is 0 Å². The van der Waals surface area contributed by atoms with E-state index in [9.17, 15) is 0 Å². The first-order valence-corrected chi connectivity index (χ1v) is 4.88. The molecule has 1 heterocycles. The van der Waals surface area contributed by atoms with Crippen molar-refractivity contribution in [1.29, 1.82) is 0 Å². The minimum absolute atomic E-state index is 0.771. The summed E-state index contributed by atoms with van der Waals surface area (Å²) in [4.78, 5) is 0. The molecule has 14 heavy (non-hydrogen) atoms. The number of nitrogens with one attached hydrogen (secondary N) is 1. The second-order valence-electron chi connectivity index (χ2n) is 3.20. The quantitative estimate of drug-likeness (QED) is 0.626. The Labute approximate surface area is 84.4 Å². The summed E-state index contributed by atoms with van der Waals surface area (Å²) in [6.07, 6.45) is 3.93. The van der Waals surface area contributed by atoms with Gasteiger partial charge in [-0.1, -0.05) is 5.21 Å². The fraction of sp³-hybridized carbons (Fsp3) is 0.778. The predicted molar refractivity (Wildman–Crippen MR) is 54.1 cm³/mol. The monoisotopic (exact) mass is 198 g/mol. The van der Waals surface area contributed by atoms with Crippen LogP contribution in [-0.4, -0.2) is 41.8 Å². The van der Waals surface area contributed by atoms with E-state index in [0.717, 1.165) is 32.5 Å². The first kappa shape index (κ1) is 11.1. The van der Waals surface area contributed by atoms with Gasteiger partial charge in [0.1, 0.15) is 0 Å². The molecule has 0 aliphatic rings. The van der Waals surface area contributed by atoms with Gasteiger partial charge in [0.15, 0.2) is 0 Å². The first-order chi connectivity index (χ1) is 6.84. The zero-order valence-corrected chi connectivity index (χ0v) is 8.86. The van der Waals surface area contributed by atoms with E-state index in [1.165, 1.54) is 5.69 Å². The van der Waals surface area contributed by atoms with Crippen molar-refractivity contribution in [2.75, 3.05) is 26.8 Å². The van der Waals surface area contributed by atoms with Gasteiger partial charge < -0.3 is 10.1 Å². The van der Waals surface area contributed by atoms with Gasteiger partial charge in [0.25, 0.3) is 0 Å². The van der Waals surface area contributed by atoms with Crippen molar-refractivity contribution in [3.63, 3.8) is 0 Å². The molecule has 0 aromatic carbocycles. The summed E-state index contributed by atoms with van der Waals surface area (Å²) in [7, 11) is 3.63. The lowest BCUT2D eigenvalue weighted by Gasteiger charge is -2.03. The third kappa shape index (κ3) is 3.85. The standard InChI is InChI=1S/C9H18N4O/c1-13-9(8-11-12-13)4-3-5-10-6-7-14-2/h8,10H,3-7H2,1-2H3. The highest BCUT2D eigenvalue weighted by molar-refractivity contribution is 4.92. The Hall–Kier alpha value is -0.940. The van der Waals surface area contributed by atoms with Crippen LogP contribution in [0.3, 0.4) is 0 Å². The Morgan fingerprint density at radius 1 is 1.50 bits per heavy atom. The molecule has 0 unspecified atom stereocenters. The summed E-state index contributed by atoms with van der Waals surface area (Å²) in [5.41, 5.74) is 1.18. The van der Waals surface area contributed by atoms with Crippen molar-refractivity contribution in [3.05, 3.63) is 11.9 Å². The van der Waals surface area contributed by atoms with Crippen LogP contribution in [0.15, 0.2) is 6.20 Å². The third-order valence-electron chi connectivity index (χ3n) is 2.08. The maximum absolute atomic E-state index is 4.93. The molecule has 0 radical (unpaired) electrons. The van der Waals surface area contributed by atoms with E-state index in [0.29, 0.717) is 0 Å². The van der Waals surface area contributed by atoms with Crippen LogP contribution < -0.4 is 5.32 Å². The SMILES string of the molecule is COCCNCCCc1cnnn1C. The van der Waals surface area contributed by atoms with Gasteiger partial charge in [0.2, 0.25) is 0 Å². The van der Waals surface area contributed by atoms with Gasteiger partial charge in [-0.05, 0) is 19.4 Å². The summed E-state index contributed by atoms with van der Waals surface area (Å²) >= 11 is 0. The maximum atomic E-state index is 4.93. The molecular formula is C9H18N4O. The first-order valence-electron chi connectivity index (χ1n) is 4.88. The summed E-state index contributed by atoms with van der Waals surface area (Å²) in [6, 6.07) is 0. The van der Waals surface area contributed by atoms with E-state index in [1.54, 1.807) is 7.11 Å². The summed E-state index contributed by atoms with van der Waals surface area (Å²) in [6.45, 7) is 2.70. The Morgan fingerprint density at radius 2 is 2.36 bits per heavy atom. The number of methoxy groups -OCH3 is 1. The zero-order chi connectivity index (χ0) is 10.2. The topological polar surface area (TPSA) is 52.0 Å².